The fourth-order valence-corrected chi connectivity index (χ4v) is 8.98. The fraction of sp³-hybridized carbons (Fsp3) is 0.964. The van der Waals surface area contributed by atoms with Crippen LogP contribution in [-0.2, 0) is 19.1 Å². The van der Waals surface area contributed by atoms with E-state index in [9.17, 15) is 9.59 Å². The van der Waals surface area contributed by atoms with E-state index in [1.807, 2.05) is 0 Å². The minimum atomic E-state index is -0.615. The molecule has 0 aromatic carbocycles. The SMILES string of the molecule is CCCCCCCCCCCCCCCCCC(=O)OC(=O)C(CCCCCCCCCCCCCCCC)OC(CCCCCCCC)CCCCCCCCCCC. The summed E-state index contributed by atoms with van der Waals surface area (Å²) in [6, 6.07) is 0. The molecule has 0 fully saturated rings. The van der Waals surface area contributed by atoms with E-state index in [1.54, 1.807) is 0 Å². The molecule has 4 nitrogen and oxygen atoms in total. The standard InChI is InChI=1S/C56H110O4/c1-5-9-13-17-21-24-26-28-30-32-34-37-40-44-48-52-55(57)60-56(58)54(51-47-43-39-36-33-31-29-27-25-22-18-14-10-6-2)59-53(49-45-41-20-16-12-8-4)50-46-42-38-35-23-19-15-11-7-3/h53-54H,5-52H2,1-4H3. The van der Waals surface area contributed by atoms with Crippen LogP contribution in [0.3, 0.4) is 0 Å². The maximum atomic E-state index is 13.6. The highest BCUT2D eigenvalue weighted by Gasteiger charge is 2.26. The predicted octanol–water partition coefficient (Wildman–Crippen LogP) is 19.6. The zero-order valence-corrected chi connectivity index (χ0v) is 41.7. The van der Waals surface area contributed by atoms with E-state index in [1.165, 1.54) is 244 Å². The molecule has 0 heterocycles. The molecule has 0 aliphatic rings. The molecule has 0 N–H and O–H groups in total. The Labute approximate surface area is 377 Å². The number of carbonyl (C=O) groups is 2. The highest BCUT2D eigenvalue weighted by Crippen LogP contribution is 2.23. The van der Waals surface area contributed by atoms with Gasteiger partial charge in [0.2, 0.25) is 0 Å². The second-order valence-electron chi connectivity index (χ2n) is 19.3. The van der Waals surface area contributed by atoms with Crippen LogP contribution in [0.4, 0.5) is 0 Å². The molecule has 0 aromatic heterocycles. The first-order valence-corrected chi connectivity index (χ1v) is 28.0. The van der Waals surface area contributed by atoms with Crippen molar-refractivity contribution in [2.75, 3.05) is 0 Å². The topological polar surface area (TPSA) is 52.6 Å². The van der Waals surface area contributed by atoms with Crippen molar-refractivity contribution >= 4 is 11.9 Å². The van der Waals surface area contributed by atoms with Gasteiger partial charge >= 0.3 is 11.9 Å². The number of carbonyl (C=O) groups excluding carboxylic acids is 2. The van der Waals surface area contributed by atoms with Crippen LogP contribution in [0.15, 0.2) is 0 Å². The zero-order chi connectivity index (χ0) is 43.7. The van der Waals surface area contributed by atoms with Gasteiger partial charge in [0.15, 0.2) is 6.10 Å². The van der Waals surface area contributed by atoms with E-state index in [2.05, 4.69) is 27.7 Å². The van der Waals surface area contributed by atoms with E-state index >= 15 is 0 Å². The van der Waals surface area contributed by atoms with Gasteiger partial charge in [-0.3, -0.25) is 4.79 Å². The van der Waals surface area contributed by atoms with Crippen molar-refractivity contribution in [2.45, 2.75) is 348 Å². The lowest BCUT2D eigenvalue weighted by molar-refractivity contribution is -0.171. The largest absolute Gasteiger partial charge is 0.391 e. The normalized spacial score (nSPS) is 12.6. The summed E-state index contributed by atoms with van der Waals surface area (Å²) in [6.45, 7) is 9.14. The summed E-state index contributed by atoms with van der Waals surface area (Å²) in [6.07, 6.45) is 59.8. The Bertz CT molecular complexity index is 841. The molecule has 0 aliphatic heterocycles. The van der Waals surface area contributed by atoms with Crippen molar-refractivity contribution in [3.05, 3.63) is 0 Å². The summed E-state index contributed by atoms with van der Waals surface area (Å²) in [5.41, 5.74) is 0. The van der Waals surface area contributed by atoms with Crippen LogP contribution >= 0.6 is 0 Å². The smallest absolute Gasteiger partial charge is 0.342 e. The Morgan fingerprint density at radius 1 is 0.300 bits per heavy atom. The number of rotatable bonds is 51. The summed E-state index contributed by atoms with van der Waals surface area (Å²) < 4.78 is 12.3. The Kier molecular flexibility index (Phi) is 50.0. The van der Waals surface area contributed by atoms with Gasteiger partial charge < -0.3 is 9.47 Å². The molecule has 4 heteroatoms. The zero-order valence-electron chi connectivity index (χ0n) is 41.7. The summed E-state index contributed by atoms with van der Waals surface area (Å²) in [5, 5.41) is 0. The van der Waals surface area contributed by atoms with Gasteiger partial charge in [0.1, 0.15) is 0 Å². The van der Waals surface area contributed by atoms with Crippen LogP contribution in [0.2, 0.25) is 0 Å². The lowest BCUT2D eigenvalue weighted by Crippen LogP contribution is -2.33. The van der Waals surface area contributed by atoms with Gasteiger partial charge in [-0.15, -0.1) is 0 Å². The molecule has 0 amide bonds. The van der Waals surface area contributed by atoms with E-state index in [4.69, 9.17) is 9.47 Å². The highest BCUT2D eigenvalue weighted by molar-refractivity contribution is 5.87. The van der Waals surface area contributed by atoms with Gasteiger partial charge in [0, 0.05) is 6.42 Å². The number of esters is 2. The van der Waals surface area contributed by atoms with E-state index < -0.39 is 12.1 Å². The molecular formula is C56H110O4. The van der Waals surface area contributed by atoms with Crippen LogP contribution in [0.5, 0.6) is 0 Å². The van der Waals surface area contributed by atoms with Gasteiger partial charge in [0.05, 0.1) is 6.10 Å². The molecule has 0 aliphatic carbocycles. The maximum Gasteiger partial charge on any atom is 0.342 e. The maximum absolute atomic E-state index is 13.6. The summed E-state index contributed by atoms with van der Waals surface area (Å²) in [7, 11) is 0. The Balaban J connectivity index is 4.83. The van der Waals surface area contributed by atoms with Crippen molar-refractivity contribution in [2.24, 2.45) is 0 Å². The van der Waals surface area contributed by atoms with Crippen LogP contribution in [-0.4, -0.2) is 24.1 Å². The lowest BCUT2D eigenvalue weighted by atomic mass is 10.0. The molecule has 2 atom stereocenters. The first-order valence-electron chi connectivity index (χ1n) is 28.0. The number of ether oxygens (including phenoxy) is 2. The highest BCUT2D eigenvalue weighted by atomic mass is 16.6. The Hall–Kier alpha value is -0.900. The summed E-state index contributed by atoms with van der Waals surface area (Å²) in [4.78, 5) is 26.6. The molecule has 60 heavy (non-hydrogen) atoms. The van der Waals surface area contributed by atoms with E-state index in [0.717, 1.165) is 51.4 Å². The quantitative estimate of drug-likeness (QED) is 0.0348. The molecule has 0 spiro atoms. The summed E-state index contributed by atoms with van der Waals surface area (Å²) >= 11 is 0. The Morgan fingerprint density at radius 3 is 0.817 bits per heavy atom. The molecule has 2 unspecified atom stereocenters. The Morgan fingerprint density at radius 2 is 0.533 bits per heavy atom. The van der Waals surface area contributed by atoms with E-state index in [0.29, 0.717) is 12.8 Å². The first kappa shape index (κ1) is 59.1. The van der Waals surface area contributed by atoms with Crippen molar-refractivity contribution in [1.82, 2.24) is 0 Å². The third kappa shape index (κ3) is 45.1. The van der Waals surface area contributed by atoms with Gasteiger partial charge in [-0.05, 0) is 25.7 Å². The van der Waals surface area contributed by atoms with Crippen molar-refractivity contribution in [3.8, 4) is 0 Å². The molecular weight excluding hydrogens is 737 g/mol. The van der Waals surface area contributed by atoms with Crippen LogP contribution in [0, 0.1) is 0 Å². The molecule has 0 saturated heterocycles. The van der Waals surface area contributed by atoms with Gasteiger partial charge in [0.25, 0.3) is 0 Å². The van der Waals surface area contributed by atoms with Crippen LogP contribution < -0.4 is 0 Å². The minimum Gasteiger partial charge on any atom is -0.391 e. The average Bonchev–Trinajstić information content (AvgIpc) is 3.24. The number of hydrogen-bond acceptors (Lipinski definition) is 4. The molecule has 0 aromatic rings. The fourth-order valence-electron chi connectivity index (χ4n) is 8.98. The monoisotopic (exact) mass is 847 g/mol. The second kappa shape index (κ2) is 50.7. The van der Waals surface area contributed by atoms with Crippen molar-refractivity contribution in [3.63, 3.8) is 0 Å². The van der Waals surface area contributed by atoms with Crippen molar-refractivity contribution in [1.29, 1.82) is 0 Å². The summed E-state index contributed by atoms with van der Waals surface area (Å²) in [5.74, 6) is -0.772. The van der Waals surface area contributed by atoms with Crippen LogP contribution in [0.25, 0.3) is 0 Å². The average molecular weight is 847 g/mol. The van der Waals surface area contributed by atoms with Gasteiger partial charge in [-0.25, -0.2) is 4.79 Å². The molecule has 0 bridgehead atoms. The first-order chi connectivity index (χ1) is 29.6. The minimum absolute atomic E-state index is 0.0792. The van der Waals surface area contributed by atoms with E-state index in [-0.39, 0.29) is 12.1 Å². The third-order valence-electron chi connectivity index (χ3n) is 13.1. The number of hydrogen-bond donors (Lipinski definition) is 0. The molecule has 358 valence electrons. The molecule has 0 rings (SSSR count). The molecule has 0 saturated carbocycles. The number of unbranched alkanes of at least 4 members (excludes halogenated alkanes) is 40. The molecule has 0 radical (unpaired) electrons. The second-order valence-corrected chi connectivity index (χ2v) is 19.3. The van der Waals surface area contributed by atoms with Crippen LogP contribution in [0.1, 0.15) is 336 Å². The van der Waals surface area contributed by atoms with Crippen molar-refractivity contribution < 1.29 is 19.1 Å². The third-order valence-corrected chi connectivity index (χ3v) is 13.1. The van der Waals surface area contributed by atoms with Gasteiger partial charge in [-0.1, -0.05) is 304 Å². The lowest BCUT2D eigenvalue weighted by Gasteiger charge is -2.24. The van der Waals surface area contributed by atoms with Gasteiger partial charge in [-0.2, -0.15) is 0 Å². The predicted molar refractivity (Wildman–Crippen MR) is 264 cm³/mol.